The molecule has 7 heteroatoms. The first-order chi connectivity index (χ1) is 14.2. The van der Waals surface area contributed by atoms with E-state index in [-0.39, 0.29) is 12.5 Å². The van der Waals surface area contributed by atoms with E-state index in [1.807, 2.05) is 18.2 Å². The number of nitrogens with zero attached hydrogens (tertiary/aromatic N) is 2. The third-order valence-electron chi connectivity index (χ3n) is 5.75. The van der Waals surface area contributed by atoms with Gasteiger partial charge in [0, 0.05) is 30.4 Å². The van der Waals surface area contributed by atoms with Crippen LogP contribution in [0, 0.1) is 5.92 Å². The van der Waals surface area contributed by atoms with Crippen LogP contribution < -0.4 is 20.1 Å². The maximum Gasteiger partial charge on any atom is 0.262 e. The fourth-order valence-corrected chi connectivity index (χ4v) is 4.09. The predicted molar refractivity (Wildman–Crippen MR) is 111 cm³/mol. The van der Waals surface area contributed by atoms with E-state index in [2.05, 4.69) is 27.3 Å². The van der Waals surface area contributed by atoms with Gasteiger partial charge >= 0.3 is 0 Å². The van der Waals surface area contributed by atoms with Gasteiger partial charge in [0.2, 0.25) is 0 Å². The van der Waals surface area contributed by atoms with E-state index in [0.717, 1.165) is 59.3 Å². The van der Waals surface area contributed by atoms with E-state index in [4.69, 9.17) is 14.5 Å². The molecule has 6 rings (SSSR count). The Kier molecular flexibility index (Phi) is 3.69. The van der Waals surface area contributed by atoms with E-state index in [1.54, 1.807) is 0 Å². The van der Waals surface area contributed by atoms with Gasteiger partial charge < -0.3 is 24.7 Å². The van der Waals surface area contributed by atoms with Gasteiger partial charge in [-0.2, -0.15) is 0 Å². The second-order valence-electron chi connectivity index (χ2n) is 8.00. The summed E-state index contributed by atoms with van der Waals surface area (Å²) in [5.41, 5.74) is 4.66. The summed E-state index contributed by atoms with van der Waals surface area (Å²) >= 11 is 0. The molecule has 29 heavy (non-hydrogen) atoms. The standard InChI is InChI=1S/C22H22N4O3/c27-20-12-29-18-5-4-14(8-16(18)24-20)22-25-17-9-15(23-11-13-2-3-13)10-19-21(17)26(22)6-1-7-28-19/h4-5,8-10,13,23H,1-3,6-7,11-12H2,(H,24,27). The number of carbonyl (C=O) groups excluding carboxylic acids is 1. The van der Waals surface area contributed by atoms with Crippen molar-refractivity contribution in [3.8, 4) is 22.9 Å². The van der Waals surface area contributed by atoms with Crippen molar-refractivity contribution in [2.45, 2.75) is 25.8 Å². The molecule has 3 aromatic rings. The van der Waals surface area contributed by atoms with Crippen molar-refractivity contribution in [3.63, 3.8) is 0 Å². The van der Waals surface area contributed by atoms with Gasteiger partial charge in [0.25, 0.3) is 5.91 Å². The number of hydrogen-bond acceptors (Lipinski definition) is 5. The lowest BCUT2D eigenvalue weighted by Gasteiger charge is -2.18. The Bertz CT molecular complexity index is 1130. The topological polar surface area (TPSA) is 77.4 Å². The minimum Gasteiger partial charge on any atom is -0.491 e. The molecule has 2 N–H and O–H groups in total. The van der Waals surface area contributed by atoms with Crippen LogP contribution in [0.1, 0.15) is 19.3 Å². The molecule has 1 fully saturated rings. The Hall–Kier alpha value is -3.22. The number of amides is 1. The summed E-state index contributed by atoms with van der Waals surface area (Å²) < 4.78 is 13.8. The summed E-state index contributed by atoms with van der Waals surface area (Å²) in [4.78, 5) is 16.7. The summed E-state index contributed by atoms with van der Waals surface area (Å²) in [5.74, 6) is 3.12. The molecule has 2 aromatic carbocycles. The van der Waals surface area contributed by atoms with Crippen LogP contribution in [-0.4, -0.2) is 35.2 Å². The lowest BCUT2D eigenvalue weighted by Crippen LogP contribution is -2.25. The Balaban J connectivity index is 1.45. The van der Waals surface area contributed by atoms with Gasteiger partial charge in [-0.15, -0.1) is 0 Å². The number of ether oxygens (including phenoxy) is 2. The van der Waals surface area contributed by atoms with E-state index in [1.165, 1.54) is 12.8 Å². The van der Waals surface area contributed by atoms with E-state index >= 15 is 0 Å². The second kappa shape index (κ2) is 6.40. The van der Waals surface area contributed by atoms with E-state index < -0.39 is 0 Å². The molecule has 148 valence electrons. The Morgan fingerprint density at radius 1 is 1.17 bits per heavy atom. The Morgan fingerprint density at radius 2 is 2.10 bits per heavy atom. The minimum atomic E-state index is -0.136. The molecular weight excluding hydrogens is 368 g/mol. The van der Waals surface area contributed by atoms with Crippen LogP contribution in [0.25, 0.3) is 22.4 Å². The first kappa shape index (κ1) is 16.7. The Morgan fingerprint density at radius 3 is 3.00 bits per heavy atom. The molecular formula is C22H22N4O3. The first-order valence-corrected chi connectivity index (χ1v) is 10.2. The highest BCUT2D eigenvalue weighted by Crippen LogP contribution is 2.38. The SMILES string of the molecule is O=C1COc2ccc(-c3nc4cc(NCC5CC5)cc5c4n3CCCO5)cc2N1. The average molecular weight is 390 g/mol. The number of carbonyl (C=O) groups is 1. The van der Waals surface area contributed by atoms with Gasteiger partial charge in [0.05, 0.1) is 17.8 Å². The van der Waals surface area contributed by atoms with Crippen molar-refractivity contribution >= 4 is 28.3 Å². The molecule has 1 aromatic heterocycles. The second-order valence-corrected chi connectivity index (χ2v) is 8.00. The van der Waals surface area contributed by atoms with Crippen LogP contribution >= 0.6 is 0 Å². The number of aryl methyl sites for hydroxylation is 1. The number of imidazole rings is 1. The van der Waals surface area contributed by atoms with Crippen molar-refractivity contribution in [1.82, 2.24) is 9.55 Å². The zero-order valence-electron chi connectivity index (χ0n) is 16.0. The number of fused-ring (bicyclic) bond motifs is 1. The maximum absolute atomic E-state index is 11.7. The number of anilines is 2. The number of benzene rings is 2. The number of hydrogen-bond donors (Lipinski definition) is 2. The third kappa shape index (κ3) is 2.97. The minimum absolute atomic E-state index is 0.0577. The van der Waals surface area contributed by atoms with Crippen molar-refractivity contribution in [3.05, 3.63) is 30.3 Å². The Labute approximate surface area is 168 Å². The highest BCUT2D eigenvalue weighted by Gasteiger charge is 2.24. The van der Waals surface area contributed by atoms with E-state index in [0.29, 0.717) is 18.0 Å². The van der Waals surface area contributed by atoms with Crippen LogP contribution in [0.3, 0.4) is 0 Å². The fourth-order valence-electron chi connectivity index (χ4n) is 4.09. The van der Waals surface area contributed by atoms with Gasteiger partial charge in [-0.3, -0.25) is 4.79 Å². The van der Waals surface area contributed by atoms with E-state index in [9.17, 15) is 4.79 Å². The monoisotopic (exact) mass is 390 g/mol. The molecule has 1 saturated carbocycles. The molecule has 1 aliphatic carbocycles. The molecule has 0 atom stereocenters. The lowest BCUT2D eigenvalue weighted by molar-refractivity contribution is -0.118. The maximum atomic E-state index is 11.7. The lowest BCUT2D eigenvalue weighted by atomic mass is 10.1. The van der Waals surface area contributed by atoms with Gasteiger partial charge in [-0.05, 0) is 49.4 Å². The van der Waals surface area contributed by atoms with Gasteiger partial charge in [0.1, 0.15) is 22.8 Å². The number of rotatable bonds is 4. The van der Waals surface area contributed by atoms with Gasteiger partial charge in [-0.25, -0.2) is 4.98 Å². The van der Waals surface area contributed by atoms with Crippen molar-refractivity contribution in [1.29, 1.82) is 0 Å². The van der Waals surface area contributed by atoms with Crippen LogP contribution in [0.5, 0.6) is 11.5 Å². The molecule has 3 aliphatic rings. The van der Waals surface area contributed by atoms with Crippen molar-refractivity contribution < 1.29 is 14.3 Å². The zero-order chi connectivity index (χ0) is 19.4. The number of aromatic nitrogens is 2. The zero-order valence-corrected chi connectivity index (χ0v) is 16.0. The molecule has 0 spiro atoms. The third-order valence-corrected chi connectivity index (χ3v) is 5.75. The molecule has 0 radical (unpaired) electrons. The predicted octanol–water partition coefficient (Wildman–Crippen LogP) is 3.64. The molecule has 0 bridgehead atoms. The van der Waals surface area contributed by atoms with Gasteiger partial charge in [-0.1, -0.05) is 0 Å². The smallest absolute Gasteiger partial charge is 0.262 e. The largest absolute Gasteiger partial charge is 0.491 e. The average Bonchev–Trinajstić information content (AvgIpc) is 3.51. The van der Waals surface area contributed by atoms with Crippen LogP contribution in [0.2, 0.25) is 0 Å². The van der Waals surface area contributed by atoms with Crippen LogP contribution in [0.15, 0.2) is 30.3 Å². The summed E-state index contributed by atoms with van der Waals surface area (Å²) in [5, 5.41) is 6.42. The van der Waals surface area contributed by atoms with Crippen LogP contribution in [0.4, 0.5) is 11.4 Å². The fraction of sp³-hybridized carbons (Fsp3) is 0.364. The highest BCUT2D eigenvalue weighted by molar-refractivity contribution is 5.96. The number of nitrogens with one attached hydrogen (secondary N) is 2. The molecule has 1 amide bonds. The first-order valence-electron chi connectivity index (χ1n) is 10.2. The molecule has 0 unspecified atom stereocenters. The molecule has 7 nitrogen and oxygen atoms in total. The summed E-state index contributed by atoms with van der Waals surface area (Å²) in [6.07, 6.45) is 3.55. The van der Waals surface area contributed by atoms with Crippen LogP contribution in [-0.2, 0) is 11.3 Å². The molecule has 0 saturated heterocycles. The normalized spacial score (nSPS) is 17.7. The van der Waals surface area contributed by atoms with Crippen molar-refractivity contribution in [2.24, 2.45) is 5.92 Å². The quantitative estimate of drug-likeness (QED) is 0.711. The molecule has 3 heterocycles. The summed E-state index contributed by atoms with van der Waals surface area (Å²) in [7, 11) is 0. The van der Waals surface area contributed by atoms with Gasteiger partial charge in [0.15, 0.2) is 6.61 Å². The molecule has 2 aliphatic heterocycles. The van der Waals surface area contributed by atoms with Crippen molar-refractivity contribution in [2.75, 3.05) is 30.4 Å². The highest BCUT2D eigenvalue weighted by atomic mass is 16.5. The summed E-state index contributed by atoms with van der Waals surface area (Å²) in [6, 6.07) is 10.0. The summed E-state index contributed by atoms with van der Waals surface area (Å²) in [6.45, 7) is 2.59.